The van der Waals surface area contributed by atoms with Gasteiger partial charge in [-0.1, -0.05) is 28.1 Å². The van der Waals surface area contributed by atoms with Gasteiger partial charge in [0.2, 0.25) is 0 Å². The molecule has 4 heteroatoms. The van der Waals surface area contributed by atoms with Crippen LogP contribution in [0.25, 0.3) is 0 Å². The fourth-order valence-electron chi connectivity index (χ4n) is 2.13. The molecule has 3 nitrogen and oxygen atoms in total. The summed E-state index contributed by atoms with van der Waals surface area (Å²) in [6.07, 6.45) is 3.92. The second kappa shape index (κ2) is 5.67. The lowest BCUT2D eigenvalue weighted by atomic mass is 9.93. The second-order valence-corrected chi connectivity index (χ2v) is 5.08. The summed E-state index contributed by atoms with van der Waals surface area (Å²) in [6, 6.07) is 6.20. The normalized spacial score (nSPS) is 17.2. The lowest BCUT2D eigenvalue weighted by Crippen LogP contribution is -2.31. The number of ether oxygens (including phenoxy) is 1. The van der Waals surface area contributed by atoms with Gasteiger partial charge in [-0.25, -0.2) is 5.43 Å². The van der Waals surface area contributed by atoms with E-state index in [4.69, 9.17) is 10.6 Å². The van der Waals surface area contributed by atoms with E-state index in [1.165, 1.54) is 16.7 Å². The zero-order chi connectivity index (χ0) is 12.3. The summed E-state index contributed by atoms with van der Waals surface area (Å²) < 4.78 is 6.49. The van der Waals surface area contributed by atoms with E-state index in [9.17, 15) is 0 Å². The van der Waals surface area contributed by atoms with Gasteiger partial charge in [-0.15, -0.1) is 0 Å². The number of hydrogen-bond donors (Lipinski definition) is 2. The van der Waals surface area contributed by atoms with Crippen molar-refractivity contribution in [3.8, 4) is 0 Å². The van der Waals surface area contributed by atoms with E-state index >= 15 is 0 Å². The summed E-state index contributed by atoms with van der Waals surface area (Å²) in [5.41, 5.74) is 6.50. The number of nitrogens with one attached hydrogen (secondary N) is 1. The summed E-state index contributed by atoms with van der Waals surface area (Å²) in [4.78, 5) is 0. The van der Waals surface area contributed by atoms with Crippen LogP contribution in [-0.4, -0.2) is 6.61 Å². The van der Waals surface area contributed by atoms with Gasteiger partial charge in [0.05, 0.1) is 18.9 Å². The van der Waals surface area contributed by atoms with Gasteiger partial charge >= 0.3 is 0 Å². The van der Waals surface area contributed by atoms with Gasteiger partial charge in [-0.3, -0.25) is 5.84 Å². The molecule has 1 aliphatic heterocycles. The number of hydrazine groups is 1. The number of rotatable bonds is 3. The molecule has 1 heterocycles. The first kappa shape index (κ1) is 12.6. The highest BCUT2D eigenvalue weighted by Crippen LogP contribution is 2.31. The first-order chi connectivity index (χ1) is 8.24. The SMILES string of the molecule is Cc1c(Br)cccc1C(NN)C1=COCCC1. The van der Waals surface area contributed by atoms with Crippen molar-refractivity contribution in [1.82, 2.24) is 5.43 Å². The Labute approximate surface area is 110 Å². The highest BCUT2D eigenvalue weighted by atomic mass is 79.9. The van der Waals surface area contributed by atoms with Gasteiger partial charge < -0.3 is 4.74 Å². The van der Waals surface area contributed by atoms with Crippen molar-refractivity contribution in [2.45, 2.75) is 25.8 Å². The third-order valence-electron chi connectivity index (χ3n) is 3.12. The van der Waals surface area contributed by atoms with Gasteiger partial charge in [-0.05, 0) is 42.5 Å². The molecule has 0 saturated carbocycles. The van der Waals surface area contributed by atoms with Crippen molar-refractivity contribution in [1.29, 1.82) is 0 Å². The van der Waals surface area contributed by atoms with Gasteiger partial charge in [0.1, 0.15) is 0 Å². The van der Waals surface area contributed by atoms with E-state index in [-0.39, 0.29) is 6.04 Å². The average molecular weight is 297 g/mol. The molecule has 1 aromatic carbocycles. The molecule has 1 aromatic rings. The fraction of sp³-hybridized carbons (Fsp3) is 0.385. The molecule has 0 amide bonds. The van der Waals surface area contributed by atoms with E-state index in [0.29, 0.717) is 0 Å². The van der Waals surface area contributed by atoms with E-state index in [2.05, 4.69) is 34.3 Å². The quantitative estimate of drug-likeness (QED) is 0.666. The molecule has 1 aliphatic rings. The van der Waals surface area contributed by atoms with Gasteiger partial charge in [-0.2, -0.15) is 0 Å². The maximum absolute atomic E-state index is 5.69. The van der Waals surface area contributed by atoms with E-state index in [1.807, 2.05) is 18.4 Å². The minimum Gasteiger partial charge on any atom is -0.501 e. The Balaban J connectivity index is 2.34. The van der Waals surface area contributed by atoms with Crippen molar-refractivity contribution < 1.29 is 4.74 Å². The topological polar surface area (TPSA) is 47.3 Å². The Morgan fingerprint density at radius 1 is 1.47 bits per heavy atom. The maximum atomic E-state index is 5.69. The molecule has 2 rings (SSSR count). The Hall–Kier alpha value is -0.840. The summed E-state index contributed by atoms with van der Waals surface area (Å²) in [5.74, 6) is 5.69. The first-order valence-electron chi connectivity index (χ1n) is 5.75. The fourth-order valence-corrected chi connectivity index (χ4v) is 2.51. The molecule has 0 spiro atoms. The largest absolute Gasteiger partial charge is 0.501 e. The Morgan fingerprint density at radius 2 is 2.29 bits per heavy atom. The van der Waals surface area contributed by atoms with Crippen molar-refractivity contribution in [3.63, 3.8) is 0 Å². The highest BCUT2D eigenvalue weighted by molar-refractivity contribution is 9.10. The van der Waals surface area contributed by atoms with Crippen LogP contribution in [0.2, 0.25) is 0 Å². The van der Waals surface area contributed by atoms with Gasteiger partial charge in [0.15, 0.2) is 0 Å². The van der Waals surface area contributed by atoms with Crippen LogP contribution in [0.15, 0.2) is 34.5 Å². The van der Waals surface area contributed by atoms with Gasteiger partial charge in [0, 0.05) is 4.47 Å². The molecule has 0 bridgehead atoms. The monoisotopic (exact) mass is 296 g/mol. The van der Waals surface area contributed by atoms with Crippen LogP contribution in [0.5, 0.6) is 0 Å². The number of benzene rings is 1. The van der Waals surface area contributed by atoms with Crippen LogP contribution in [0.4, 0.5) is 0 Å². The molecule has 0 saturated heterocycles. The minimum absolute atomic E-state index is 0.0350. The third-order valence-corrected chi connectivity index (χ3v) is 3.98. The molecule has 1 atom stereocenters. The summed E-state index contributed by atoms with van der Waals surface area (Å²) in [6.45, 7) is 2.90. The number of hydrogen-bond acceptors (Lipinski definition) is 3. The van der Waals surface area contributed by atoms with Crippen LogP contribution in [0.3, 0.4) is 0 Å². The van der Waals surface area contributed by atoms with Crippen molar-refractivity contribution in [2.75, 3.05) is 6.61 Å². The van der Waals surface area contributed by atoms with Crippen LogP contribution in [0.1, 0.15) is 30.0 Å². The molecule has 0 aromatic heterocycles. The Bertz CT molecular complexity index is 431. The highest BCUT2D eigenvalue weighted by Gasteiger charge is 2.19. The van der Waals surface area contributed by atoms with E-state index in [0.717, 1.165) is 23.9 Å². The standard InChI is InChI=1S/C13H17BrN2O/c1-9-11(5-2-6-12(9)14)13(16-15)10-4-3-7-17-8-10/h2,5-6,8,13,16H,3-4,7,15H2,1H3. The molecule has 0 radical (unpaired) electrons. The van der Waals surface area contributed by atoms with Gasteiger partial charge in [0.25, 0.3) is 0 Å². The predicted molar refractivity (Wildman–Crippen MR) is 72.2 cm³/mol. The molecule has 0 fully saturated rings. The molecule has 17 heavy (non-hydrogen) atoms. The Kier molecular flexibility index (Phi) is 4.20. The van der Waals surface area contributed by atoms with E-state index < -0.39 is 0 Å². The summed E-state index contributed by atoms with van der Waals surface area (Å²) in [5, 5.41) is 0. The van der Waals surface area contributed by atoms with Crippen molar-refractivity contribution in [3.05, 3.63) is 45.6 Å². The van der Waals surface area contributed by atoms with Crippen LogP contribution < -0.4 is 11.3 Å². The van der Waals surface area contributed by atoms with Crippen LogP contribution in [-0.2, 0) is 4.74 Å². The average Bonchev–Trinajstić information content (AvgIpc) is 2.37. The van der Waals surface area contributed by atoms with Crippen LogP contribution in [0, 0.1) is 6.92 Å². The van der Waals surface area contributed by atoms with Crippen LogP contribution >= 0.6 is 15.9 Å². The lowest BCUT2D eigenvalue weighted by Gasteiger charge is -2.24. The lowest BCUT2D eigenvalue weighted by molar-refractivity contribution is 0.219. The smallest absolute Gasteiger partial charge is 0.0876 e. The van der Waals surface area contributed by atoms with Crippen molar-refractivity contribution >= 4 is 15.9 Å². The van der Waals surface area contributed by atoms with Crippen molar-refractivity contribution in [2.24, 2.45) is 5.84 Å². The van der Waals surface area contributed by atoms with E-state index in [1.54, 1.807) is 0 Å². The summed E-state index contributed by atoms with van der Waals surface area (Å²) in [7, 11) is 0. The maximum Gasteiger partial charge on any atom is 0.0876 e. The predicted octanol–water partition coefficient (Wildman–Crippen LogP) is 2.96. The third kappa shape index (κ3) is 2.70. The molecule has 0 aliphatic carbocycles. The molecular weight excluding hydrogens is 280 g/mol. The Morgan fingerprint density at radius 3 is 2.94 bits per heavy atom. The zero-order valence-corrected chi connectivity index (χ0v) is 11.5. The second-order valence-electron chi connectivity index (χ2n) is 4.22. The number of halogens is 1. The molecule has 1 unspecified atom stereocenters. The molecule has 92 valence electrons. The first-order valence-corrected chi connectivity index (χ1v) is 6.55. The molecule has 3 N–H and O–H groups in total. The minimum atomic E-state index is 0.0350. The summed E-state index contributed by atoms with van der Waals surface area (Å²) >= 11 is 3.55. The molecular formula is C13H17BrN2O. The number of nitrogens with two attached hydrogens (primary N) is 1. The zero-order valence-electron chi connectivity index (χ0n) is 9.87.